The zero-order chi connectivity index (χ0) is 25.3. The summed E-state index contributed by atoms with van der Waals surface area (Å²) in [6.45, 7) is 1.52. The van der Waals surface area contributed by atoms with Crippen LogP contribution in [0.1, 0.15) is 49.7 Å². The molecule has 2 aromatic carbocycles. The second-order valence-corrected chi connectivity index (χ2v) is 9.69. The van der Waals surface area contributed by atoms with Gasteiger partial charge in [-0.15, -0.1) is 0 Å². The van der Waals surface area contributed by atoms with Crippen LogP contribution >= 0.6 is 0 Å². The second kappa shape index (κ2) is 13.1. The number of ether oxygens (including phenoxy) is 1. The Morgan fingerprint density at radius 2 is 2.00 bits per heavy atom. The fraction of sp³-hybridized carbons (Fsp3) is 0.536. The molecule has 192 valence electrons. The molecule has 0 bridgehead atoms. The number of aliphatic hydroxyl groups is 2. The average Bonchev–Trinajstić information content (AvgIpc) is 2.87. The van der Waals surface area contributed by atoms with E-state index in [4.69, 9.17) is 10.5 Å². The summed E-state index contributed by atoms with van der Waals surface area (Å²) < 4.78 is 19.2. The van der Waals surface area contributed by atoms with E-state index in [0.29, 0.717) is 38.1 Å². The Kier molecular flexibility index (Phi) is 10.2. The minimum Gasteiger partial charge on any atom is -0.391 e. The van der Waals surface area contributed by atoms with Gasteiger partial charge < -0.3 is 25.6 Å². The molecule has 0 saturated carbocycles. The Bertz CT molecular complexity index is 928. The van der Waals surface area contributed by atoms with Crippen molar-refractivity contribution in [2.45, 2.75) is 62.7 Å². The van der Waals surface area contributed by atoms with Gasteiger partial charge in [0, 0.05) is 38.8 Å². The van der Waals surface area contributed by atoms with E-state index in [1.807, 2.05) is 30.3 Å². The van der Waals surface area contributed by atoms with Crippen LogP contribution in [0.2, 0.25) is 0 Å². The molecule has 1 aliphatic heterocycles. The second-order valence-electron chi connectivity index (χ2n) is 9.69. The normalized spacial score (nSPS) is 19.7. The highest BCUT2D eigenvalue weighted by atomic mass is 19.1. The van der Waals surface area contributed by atoms with Crippen molar-refractivity contribution in [2.24, 2.45) is 11.7 Å². The van der Waals surface area contributed by atoms with Crippen LogP contribution in [0.3, 0.4) is 0 Å². The van der Waals surface area contributed by atoms with E-state index in [9.17, 15) is 19.4 Å². The molecule has 1 aliphatic rings. The van der Waals surface area contributed by atoms with Crippen LogP contribution in [0.15, 0.2) is 54.6 Å². The van der Waals surface area contributed by atoms with Crippen molar-refractivity contribution in [3.63, 3.8) is 0 Å². The van der Waals surface area contributed by atoms with Crippen LogP contribution in [-0.4, -0.2) is 60.0 Å². The van der Waals surface area contributed by atoms with E-state index >= 15 is 0 Å². The van der Waals surface area contributed by atoms with Gasteiger partial charge in [0.05, 0.1) is 18.1 Å². The minimum atomic E-state index is -1.25. The van der Waals surface area contributed by atoms with Crippen molar-refractivity contribution >= 4 is 5.91 Å². The maximum atomic E-state index is 14.1. The van der Waals surface area contributed by atoms with Crippen LogP contribution in [-0.2, 0) is 21.6 Å². The first-order chi connectivity index (χ1) is 16.8. The zero-order valence-corrected chi connectivity index (χ0v) is 20.6. The lowest BCUT2D eigenvalue weighted by atomic mass is 9.74. The van der Waals surface area contributed by atoms with Crippen molar-refractivity contribution in [2.75, 3.05) is 26.8 Å². The van der Waals surface area contributed by atoms with E-state index in [1.54, 1.807) is 24.1 Å². The number of aliphatic hydroxyl groups excluding tert-OH is 1. The Balaban J connectivity index is 1.66. The number of benzene rings is 2. The van der Waals surface area contributed by atoms with Crippen LogP contribution < -0.4 is 5.73 Å². The molecule has 1 saturated heterocycles. The van der Waals surface area contributed by atoms with Gasteiger partial charge in [-0.2, -0.15) is 0 Å². The highest BCUT2D eigenvalue weighted by molar-refractivity contribution is 5.77. The quantitative estimate of drug-likeness (QED) is 0.400. The van der Waals surface area contributed by atoms with Crippen molar-refractivity contribution in [1.29, 1.82) is 0 Å². The highest BCUT2D eigenvalue weighted by Gasteiger charge is 2.41. The van der Waals surface area contributed by atoms with Gasteiger partial charge in [0.15, 0.2) is 0 Å². The van der Waals surface area contributed by atoms with Gasteiger partial charge in [-0.05, 0) is 61.8 Å². The number of nitrogens with zero attached hydrogens (tertiary/aromatic N) is 1. The number of hydrogen-bond donors (Lipinski definition) is 3. The number of carbonyl (C=O) groups is 1. The Morgan fingerprint density at radius 1 is 1.23 bits per heavy atom. The molecule has 2 aromatic rings. The van der Waals surface area contributed by atoms with E-state index in [0.717, 1.165) is 31.2 Å². The monoisotopic (exact) mass is 486 g/mol. The summed E-state index contributed by atoms with van der Waals surface area (Å²) in [6, 6.07) is 15.2. The fourth-order valence-electron chi connectivity index (χ4n) is 5.06. The number of likely N-dealkylation sites (tertiary alicyclic amines) is 1. The Hall–Kier alpha value is -2.32. The van der Waals surface area contributed by atoms with Crippen LogP contribution in [0.5, 0.6) is 0 Å². The SMILES string of the molecule is COCCCCC(O)(c1cccc(F)c1)[C@@H]1CCCN(C(=O)C[C@H](O)[C@@H](N)Cc2ccccc2)C1. The molecule has 4 N–H and O–H groups in total. The van der Waals surface area contributed by atoms with Crippen molar-refractivity contribution in [1.82, 2.24) is 4.90 Å². The first kappa shape index (κ1) is 27.3. The molecule has 1 heterocycles. The number of carbonyl (C=O) groups excluding carboxylic acids is 1. The summed E-state index contributed by atoms with van der Waals surface area (Å²) >= 11 is 0. The third-order valence-corrected chi connectivity index (χ3v) is 7.12. The van der Waals surface area contributed by atoms with Gasteiger partial charge in [0.2, 0.25) is 5.91 Å². The lowest BCUT2D eigenvalue weighted by molar-refractivity contribution is -0.139. The van der Waals surface area contributed by atoms with Gasteiger partial charge in [-0.3, -0.25) is 4.79 Å². The lowest BCUT2D eigenvalue weighted by Crippen LogP contribution is -2.49. The first-order valence-corrected chi connectivity index (χ1v) is 12.6. The standard InChI is InChI=1S/C28H39FN2O4/c1-35-16-6-5-14-28(34,22-11-7-13-24(29)18-22)23-12-8-15-31(20-23)27(33)19-26(32)25(30)17-21-9-3-2-4-10-21/h2-4,7,9-11,13,18,23,25-26,32,34H,5-6,8,12,14-17,19-20,30H2,1H3/t23-,25+,26+,28?/m1/s1. The third-order valence-electron chi connectivity index (χ3n) is 7.12. The van der Waals surface area contributed by atoms with Crippen molar-refractivity contribution < 1.29 is 24.1 Å². The van der Waals surface area contributed by atoms with Crippen molar-refractivity contribution in [3.8, 4) is 0 Å². The van der Waals surface area contributed by atoms with E-state index in [2.05, 4.69) is 0 Å². The van der Waals surface area contributed by atoms with Gasteiger partial charge in [0.1, 0.15) is 5.82 Å². The van der Waals surface area contributed by atoms with Crippen LogP contribution in [0.4, 0.5) is 4.39 Å². The van der Waals surface area contributed by atoms with Gasteiger partial charge in [-0.1, -0.05) is 42.5 Å². The Labute approximate surface area is 207 Å². The summed E-state index contributed by atoms with van der Waals surface area (Å²) in [5, 5.41) is 22.5. The van der Waals surface area contributed by atoms with Gasteiger partial charge in [0.25, 0.3) is 0 Å². The molecule has 0 aromatic heterocycles. The maximum absolute atomic E-state index is 14.1. The highest BCUT2D eigenvalue weighted by Crippen LogP contribution is 2.40. The molecular formula is C28H39FN2O4. The summed E-state index contributed by atoms with van der Waals surface area (Å²) in [7, 11) is 1.64. The molecule has 1 unspecified atom stereocenters. The number of unbranched alkanes of at least 4 members (excludes halogenated alkanes) is 1. The molecule has 0 aliphatic carbocycles. The first-order valence-electron chi connectivity index (χ1n) is 12.6. The molecule has 0 spiro atoms. The number of halogens is 1. The number of nitrogens with two attached hydrogens (primary N) is 1. The average molecular weight is 487 g/mol. The summed E-state index contributed by atoms with van der Waals surface area (Å²) in [4.78, 5) is 14.8. The minimum absolute atomic E-state index is 0.0625. The summed E-state index contributed by atoms with van der Waals surface area (Å²) in [6.07, 6.45) is 2.89. The van der Waals surface area contributed by atoms with Crippen LogP contribution in [0, 0.1) is 11.7 Å². The predicted molar refractivity (Wildman–Crippen MR) is 134 cm³/mol. The molecule has 35 heavy (non-hydrogen) atoms. The fourth-order valence-corrected chi connectivity index (χ4v) is 5.06. The van der Waals surface area contributed by atoms with Gasteiger partial charge in [-0.25, -0.2) is 4.39 Å². The maximum Gasteiger partial charge on any atom is 0.225 e. The number of amides is 1. The summed E-state index contributed by atoms with van der Waals surface area (Å²) in [5.74, 6) is -0.802. The largest absolute Gasteiger partial charge is 0.391 e. The summed E-state index contributed by atoms with van der Waals surface area (Å²) in [5.41, 5.74) is 6.49. The van der Waals surface area contributed by atoms with E-state index < -0.39 is 23.6 Å². The van der Waals surface area contributed by atoms with Crippen molar-refractivity contribution in [3.05, 3.63) is 71.5 Å². The lowest BCUT2D eigenvalue weighted by Gasteiger charge is -2.43. The van der Waals surface area contributed by atoms with Gasteiger partial charge >= 0.3 is 0 Å². The molecule has 4 atom stereocenters. The molecule has 1 fully saturated rings. The molecule has 1 amide bonds. The molecular weight excluding hydrogens is 447 g/mol. The van der Waals surface area contributed by atoms with E-state index in [-0.39, 0.29) is 18.2 Å². The number of rotatable bonds is 12. The molecule has 6 nitrogen and oxygen atoms in total. The zero-order valence-electron chi connectivity index (χ0n) is 20.6. The molecule has 7 heteroatoms. The topological polar surface area (TPSA) is 96.0 Å². The number of piperidine rings is 1. The van der Waals surface area contributed by atoms with E-state index in [1.165, 1.54) is 12.1 Å². The predicted octanol–water partition coefficient (Wildman–Crippen LogP) is 3.39. The van der Waals surface area contributed by atoms with Crippen LogP contribution in [0.25, 0.3) is 0 Å². The Morgan fingerprint density at radius 3 is 2.71 bits per heavy atom. The molecule has 0 radical (unpaired) electrons. The number of hydrogen-bond acceptors (Lipinski definition) is 5. The number of methoxy groups -OCH3 is 1. The smallest absolute Gasteiger partial charge is 0.225 e. The molecule has 3 rings (SSSR count). The third kappa shape index (κ3) is 7.58.